The molecule has 1 amide bonds. The predicted octanol–water partition coefficient (Wildman–Crippen LogP) is 1.08. The van der Waals surface area contributed by atoms with Crippen LogP contribution in [0, 0.1) is 0 Å². The Kier molecular flexibility index (Phi) is 4.08. The number of amides is 1. The normalized spacial score (nSPS) is 19.1. The van der Waals surface area contributed by atoms with Gasteiger partial charge in [-0.15, -0.1) is 0 Å². The first kappa shape index (κ1) is 9.52. The Morgan fingerprint density at radius 2 is 2.17 bits per heavy atom. The molecule has 70 valence electrons. The molecule has 0 spiro atoms. The quantitative estimate of drug-likeness (QED) is 0.690. The summed E-state index contributed by atoms with van der Waals surface area (Å²) in [6.45, 7) is 3.59. The maximum Gasteiger partial charge on any atom is 0.220 e. The highest BCUT2D eigenvalue weighted by Crippen LogP contribution is 2.06. The number of rotatable bonds is 3. The molecule has 1 N–H and O–H groups in total. The van der Waals surface area contributed by atoms with Gasteiger partial charge in [-0.3, -0.25) is 4.79 Å². The van der Waals surface area contributed by atoms with Crippen molar-refractivity contribution >= 4 is 5.91 Å². The van der Waals surface area contributed by atoms with Crippen molar-refractivity contribution in [1.82, 2.24) is 5.32 Å². The van der Waals surface area contributed by atoms with Crippen LogP contribution in [-0.2, 0) is 9.53 Å². The van der Waals surface area contributed by atoms with Crippen LogP contribution in [0.5, 0.6) is 0 Å². The highest BCUT2D eigenvalue weighted by molar-refractivity contribution is 5.76. The van der Waals surface area contributed by atoms with Crippen LogP contribution in [-0.4, -0.2) is 25.2 Å². The van der Waals surface area contributed by atoms with Crippen LogP contribution < -0.4 is 5.32 Å². The summed E-state index contributed by atoms with van der Waals surface area (Å²) in [4.78, 5) is 11.2. The number of carbonyl (C=O) groups is 1. The van der Waals surface area contributed by atoms with Gasteiger partial charge in [-0.05, 0) is 19.3 Å². The first-order valence-electron chi connectivity index (χ1n) is 4.70. The van der Waals surface area contributed by atoms with Gasteiger partial charge in [0.15, 0.2) is 0 Å². The van der Waals surface area contributed by atoms with Gasteiger partial charge in [0.05, 0.1) is 0 Å². The smallest absolute Gasteiger partial charge is 0.220 e. The summed E-state index contributed by atoms with van der Waals surface area (Å²) in [6, 6.07) is 0.359. The zero-order valence-corrected chi connectivity index (χ0v) is 7.64. The molecule has 0 radical (unpaired) electrons. The molecule has 0 aromatic rings. The van der Waals surface area contributed by atoms with E-state index in [-0.39, 0.29) is 5.91 Å². The van der Waals surface area contributed by atoms with E-state index in [1.54, 1.807) is 0 Å². The van der Waals surface area contributed by atoms with E-state index in [0.29, 0.717) is 12.5 Å². The van der Waals surface area contributed by atoms with Gasteiger partial charge in [-0.1, -0.05) is 6.92 Å². The minimum atomic E-state index is 0.185. The first-order chi connectivity index (χ1) is 5.83. The molecular weight excluding hydrogens is 154 g/mol. The standard InChI is InChI=1S/C9H17NO2/c1-2-3-9(11)10-8-4-6-12-7-5-8/h8H,2-7H2,1H3,(H,10,11). The van der Waals surface area contributed by atoms with E-state index in [1.807, 2.05) is 6.92 Å². The van der Waals surface area contributed by atoms with Crippen LogP contribution in [0.4, 0.5) is 0 Å². The second-order valence-electron chi connectivity index (χ2n) is 3.20. The molecule has 0 bridgehead atoms. The summed E-state index contributed by atoms with van der Waals surface area (Å²) in [5, 5.41) is 3.00. The molecule has 3 heteroatoms. The zero-order chi connectivity index (χ0) is 8.81. The highest BCUT2D eigenvalue weighted by atomic mass is 16.5. The van der Waals surface area contributed by atoms with Crippen LogP contribution in [0.3, 0.4) is 0 Å². The van der Waals surface area contributed by atoms with Gasteiger partial charge in [0, 0.05) is 25.7 Å². The Morgan fingerprint density at radius 3 is 2.75 bits per heavy atom. The molecule has 0 atom stereocenters. The van der Waals surface area contributed by atoms with Gasteiger partial charge in [-0.2, -0.15) is 0 Å². The molecule has 1 aliphatic heterocycles. The Hall–Kier alpha value is -0.570. The van der Waals surface area contributed by atoms with Crippen molar-refractivity contribution in [1.29, 1.82) is 0 Å². The van der Waals surface area contributed by atoms with Crippen molar-refractivity contribution in [2.24, 2.45) is 0 Å². The van der Waals surface area contributed by atoms with Crippen LogP contribution in [0.1, 0.15) is 32.6 Å². The minimum Gasteiger partial charge on any atom is -0.381 e. The molecule has 1 saturated heterocycles. The third kappa shape index (κ3) is 3.22. The van der Waals surface area contributed by atoms with E-state index in [0.717, 1.165) is 32.5 Å². The molecule has 0 aliphatic carbocycles. The van der Waals surface area contributed by atoms with Gasteiger partial charge in [0.2, 0.25) is 5.91 Å². The van der Waals surface area contributed by atoms with Crippen molar-refractivity contribution in [3.8, 4) is 0 Å². The minimum absolute atomic E-state index is 0.185. The fourth-order valence-corrected chi connectivity index (χ4v) is 1.37. The molecule has 1 fully saturated rings. The molecule has 1 aliphatic rings. The molecule has 0 saturated carbocycles. The van der Waals surface area contributed by atoms with Gasteiger partial charge >= 0.3 is 0 Å². The third-order valence-electron chi connectivity index (χ3n) is 2.06. The fourth-order valence-electron chi connectivity index (χ4n) is 1.37. The number of hydrogen-bond donors (Lipinski definition) is 1. The molecule has 0 aromatic heterocycles. The maximum atomic E-state index is 11.2. The van der Waals surface area contributed by atoms with Crippen molar-refractivity contribution < 1.29 is 9.53 Å². The lowest BCUT2D eigenvalue weighted by Gasteiger charge is -2.22. The SMILES string of the molecule is CCCC(=O)NC1CCOCC1. The number of nitrogens with one attached hydrogen (secondary N) is 1. The first-order valence-corrected chi connectivity index (χ1v) is 4.70. The summed E-state index contributed by atoms with van der Waals surface area (Å²) >= 11 is 0. The van der Waals surface area contributed by atoms with E-state index in [1.165, 1.54) is 0 Å². The Bertz CT molecular complexity index is 141. The number of ether oxygens (including phenoxy) is 1. The van der Waals surface area contributed by atoms with E-state index < -0.39 is 0 Å². The lowest BCUT2D eigenvalue weighted by Crippen LogP contribution is -2.38. The molecule has 1 heterocycles. The number of hydrogen-bond acceptors (Lipinski definition) is 2. The van der Waals surface area contributed by atoms with E-state index in [2.05, 4.69) is 5.32 Å². The maximum absolute atomic E-state index is 11.2. The predicted molar refractivity (Wildman–Crippen MR) is 46.9 cm³/mol. The molecule has 0 unspecified atom stereocenters. The van der Waals surface area contributed by atoms with Crippen LogP contribution in [0.25, 0.3) is 0 Å². The van der Waals surface area contributed by atoms with Crippen LogP contribution >= 0.6 is 0 Å². The summed E-state index contributed by atoms with van der Waals surface area (Å²) in [5.74, 6) is 0.185. The van der Waals surface area contributed by atoms with Gasteiger partial charge in [-0.25, -0.2) is 0 Å². The third-order valence-corrected chi connectivity index (χ3v) is 2.06. The average molecular weight is 171 g/mol. The molecule has 0 aromatic carbocycles. The fraction of sp³-hybridized carbons (Fsp3) is 0.889. The lowest BCUT2D eigenvalue weighted by molar-refractivity contribution is -0.122. The second kappa shape index (κ2) is 5.14. The van der Waals surface area contributed by atoms with E-state index in [4.69, 9.17) is 4.74 Å². The summed E-state index contributed by atoms with van der Waals surface area (Å²) in [6.07, 6.45) is 3.51. The summed E-state index contributed by atoms with van der Waals surface area (Å²) in [5.41, 5.74) is 0. The lowest BCUT2D eigenvalue weighted by atomic mass is 10.1. The topological polar surface area (TPSA) is 38.3 Å². The van der Waals surface area contributed by atoms with Crippen LogP contribution in [0.2, 0.25) is 0 Å². The molecule has 3 nitrogen and oxygen atoms in total. The molecular formula is C9H17NO2. The van der Waals surface area contributed by atoms with Crippen molar-refractivity contribution in [2.75, 3.05) is 13.2 Å². The monoisotopic (exact) mass is 171 g/mol. The molecule has 1 rings (SSSR count). The highest BCUT2D eigenvalue weighted by Gasteiger charge is 2.14. The summed E-state index contributed by atoms with van der Waals surface area (Å²) in [7, 11) is 0. The van der Waals surface area contributed by atoms with Crippen molar-refractivity contribution in [2.45, 2.75) is 38.6 Å². The van der Waals surface area contributed by atoms with Gasteiger partial charge in [0.1, 0.15) is 0 Å². The average Bonchev–Trinajstić information content (AvgIpc) is 2.06. The second-order valence-corrected chi connectivity index (χ2v) is 3.20. The Labute approximate surface area is 73.5 Å². The van der Waals surface area contributed by atoms with E-state index in [9.17, 15) is 4.79 Å². The Balaban J connectivity index is 2.15. The molecule has 12 heavy (non-hydrogen) atoms. The van der Waals surface area contributed by atoms with E-state index >= 15 is 0 Å². The Morgan fingerprint density at radius 1 is 1.50 bits per heavy atom. The van der Waals surface area contributed by atoms with Gasteiger partial charge < -0.3 is 10.1 Å². The number of carbonyl (C=O) groups excluding carboxylic acids is 1. The van der Waals surface area contributed by atoms with Crippen LogP contribution in [0.15, 0.2) is 0 Å². The summed E-state index contributed by atoms with van der Waals surface area (Å²) < 4.78 is 5.19. The van der Waals surface area contributed by atoms with Crippen molar-refractivity contribution in [3.63, 3.8) is 0 Å². The van der Waals surface area contributed by atoms with Gasteiger partial charge in [0.25, 0.3) is 0 Å². The largest absolute Gasteiger partial charge is 0.381 e. The van der Waals surface area contributed by atoms with Crippen molar-refractivity contribution in [3.05, 3.63) is 0 Å². The zero-order valence-electron chi connectivity index (χ0n) is 7.64.